The van der Waals surface area contributed by atoms with Gasteiger partial charge in [0, 0.05) is 37.6 Å². The molecular formula is C34H36N4O2. The Balaban J connectivity index is 1.18. The van der Waals surface area contributed by atoms with Crippen LogP contribution >= 0.6 is 0 Å². The Kier molecular flexibility index (Phi) is 8.05. The minimum atomic E-state index is 0.107. The monoisotopic (exact) mass is 532 g/mol. The summed E-state index contributed by atoms with van der Waals surface area (Å²) < 4.78 is 6.02. The third-order valence-corrected chi connectivity index (χ3v) is 7.98. The van der Waals surface area contributed by atoms with Crippen LogP contribution in [0.1, 0.15) is 42.4 Å². The normalized spacial score (nSPS) is 16.1. The molecule has 1 saturated carbocycles. The maximum atomic E-state index is 11.9. The molecule has 1 aliphatic carbocycles. The lowest BCUT2D eigenvalue weighted by Crippen LogP contribution is -2.41. The third kappa shape index (κ3) is 5.87. The molecule has 3 aromatic carbocycles. The first-order valence-electron chi connectivity index (χ1n) is 14.4. The SMILES string of the molecule is O=C(/C=C/CNCCOc1ccc(/C(=C(\c2ccccc2)C2CCC2)c2ccc3[nH]ncc3c2)cc1)N1CCC1. The Hall–Kier alpha value is -4.16. The molecule has 6 rings (SSSR count). The van der Waals surface area contributed by atoms with E-state index in [1.54, 1.807) is 6.08 Å². The number of allylic oxidation sites excluding steroid dienone is 1. The molecular weight excluding hydrogens is 496 g/mol. The molecule has 0 unspecified atom stereocenters. The number of likely N-dealkylation sites (tertiary alicyclic amines) is 1. The van der Waals surface area contributed by atoms with E-state index in [1.165, 1.54) is 47.1 Å². The number of hydrogen-bond donors (Lipinski definition) is 2. The van der Waals surface area contributed by atoms with Gasteiger partial charge in [-0.15, -0.1) is 0 Å². The number of nitrogens with zero attached hydrogens (tertiary/aromatic N) is 2. The number of amides is 1. The summed E-state index contributed by atoms with van der Waals surface area (Å²) in [4.78, 5) is 13.7. The van der Waals surface area contributed by atoms with Gasteiger partial charge in [0.2, 0.25) is 5.91 Å². The van der Waals surface area contributed by atoms with E-state index in [-0.39, 0.29) is 5.91 Å². The summed E-state index contributed by atoms with van der Waals surface area (Å²) in [5.41, 5.74) is 7.44. The standard InChI is InChI=1S/C34H36N4O2/c39-32(38-20-6-21-38)11-5-18-35-19-22-40-30-15-12-27(13-16-30)34(28-14-17-31-29(23-28)24-36-37-31)33(26-9-4-10-26)25-7-2-1-3-8-25/h1-3,5,7-8,11-17,23-24,26,35H,4,6,9-10,18-22H2,(H,36,37)/b11-5+,34-33-. The minimum Gasteiger partial charge on any atom is -0.492 e. The summed E-state index contributed by atoms with van der Waals surface area (Å²) in [5.74, 6) is 1.51. The highest BCUT2D eigenvalue weighted by Crippen LogP contribution is 2.45. The van der Waals surface area contributed by atoms with Gasteiger partial charge in [-0.1, -0.05) is 61.0 Å². The average molecular weight is 533 g/mol. The van der Waals surface area contributed by atoms with E-state index >= 15 is 0 Å². The fourth-order valence-electron chi connectivity index (χ4n) is 5.42. The van der Waals surface area contributed by atoms with Crippen LogP contribution in [-0.2, 0) is 4.79 Å². The highest BCUT2D eigenvalue weighted by atomic mass is 16.5. The summed E-state index contributed by atoms with van der Waals surface area (Å²) in [7, 11) is 0. The summed E-state index contributed by atoms with van der Waals surface area (Å²) >= 11 is 0. The van der Waals surface area contributed by atoms with Gasteiger partial charge in [0.05, 0.1) is 11.7 Å². The highest BCUT2D eigenvalue weighted by molar-refractivity contribution is 6.01. The molecule has 2 heterocycles. The molecule has 6 nitrogen and oxygen atoms in total. The number of aromatic amines is 1. The maximum absolute atomic E-state index is 11.9. The molecule has 6 heteroatoms. The summed E-state index contributed by atoms with van der Waals surface area (Å²) in [6, 6.07) is 25.9. The van der Waals surface area contributed by atoms with Crippen LogP contribution in [0.5, 0.6) is 5.75 Å². The number of H-pyrrole nitrogens is 1. The number of carbonyl (C=O) groups is 1. The van der Waals surface area contributed by atoms with E-state index in [1.807, 2.05) is 17.2 Å². The summed E-state index contributed by atoms with van der Waals surface area (Å²) in [6.45, 7) is 3.69. The fraction of sp³-hybridized carbons (Fsp3) is 0.294. The van der Waals surface area contributed by atoms with E-state index in [2.05, 4.69) is 88.3 Å². The topological polar surface area (TPSA) is 70.2 Å². The van der Waals surface area contributed by atoms with Crippen LogP contribution in [0.3, 0.4) is 0 Å². The second kappa shape index (κ2) is 12.3. The number of hydrogen-bond acceptors (Lipinski definition) is 4. The molecule has 0 spiro atoms. The van der Waals surface area contributed by atoms with E-state index in [4.69, 9.17) is 4.74 Å². The lowest BCUT2D eigenvalue weighted by molar-refractivity contribution is -0.129. The van der Waals surface area contributed by atoms with Crippen LogP contribution in [0, 0.1) is 5.92 Å². The molecule has 0 atom stereocenters. The molecule has 1 aliphatic heterocycles. The second-order valence-corrected chi connectivity index (χ2v) is 10.6. The van der Waals surface area contributed by atoms with Crippen molar-refractivity contribution in [2.75, 3.05) is 32.8 Å². The molecule has 0 bridgehead atoms. The van der Waals surface area contributed by atoms with Crippen molar-refractivity contribution in [1.82, 2.24) is 20.4 Å². The van der Waals surface area contributed by atoms with Gasteiger partial charge in [-0.25, -0.2) is 0 Å². The highest BCUT2D eigenvalue weighted by Gasteiger charge is 2.27. The third-order valence-electron chi connectivity index (χ3n) is 7.98. The zero-order chi connectivity index (χ0) is 27.1. The molecule has 204 valence electrons. The molecule has 1 amide bonds. The van der Waals surface area contributed by atoms with Gasteiger partial charge in [-0.05, 0) is 77.3 Å². The van der Waals surface area contributed by atoms with Crippen molar-refractivity contribution in [1.29, 1.82) is 0 Å². The molecule has 1 aromatic heterocycles. The first-order valence-corrected chi connectivity index (χ1v) is 14.4. The number of carbonyl (C=O) groups excluding carboxylic acids is 1. The van der Waals surface area contributed by atoms with Crippen LogP contribution in [0.4, 0.5) is 0 Å². The number of benzene rings is 3. The van der Waals surface area contributed by atoms with Gasteiger partial charge >= 0.3 is 0 Å². The van der Waals surface area contributed by atoms with E-state index in [0.29, 0.717) is 25.6 Å². The number of rotatable bonds is 11. The van der Waals surface area contributed by atoms with Crippen molar-refractivity contribution in [2.24, 2.45) is 5.92 Å². The van der Waals surface area contributed by atoms with Crippen molar-refractivity contribution in [3.05, 3.63) is 108 Å². The molecule has 2 aliphatic rings. The maximum Gasteiger partial charge on any atom is 0.246 e. The van der Waals surface area contributed by atoms with Crippen LogP contribution in [0.25, 0.3) is 22.0 Å². The first kappa shape index (κ1) is 26.1. The van der Waals surface area contributed by atoms with Crippen molar-refractivity contribution < 1.29 is 9.53 Å². The predicted octanol–water partition coefficient (Wildman–Crippen LogP) is 6.08. The van der Waals surface area contributed by atoms with Gasteiger partial charge < -0.3 is 15.0 Å². The van der Waals surface area contributed by atoms with Gasteiger partial charge in [0.25, 0.3) is 0 Å². The van der Waals surface area contributed by atoms with E-state index in [0.717, 1.165) is 36.2 Å². The Bertz CT molecular complexity index is 1500. The Morgan fingerprint density at radius 3 is 2.50 bits per heavy atom. The smallest absolute Gasteiger partial charge is 0.246 e. The first-order chi connectivity index (χ1) is 19.8. The molecule has 40 heavy (non-hydrogen) atoms. The lowest BCUT2D eigenvalue weighted by Gasteiger charge is -2.31. The van der Waals surface area contributed by atoms with Gasteiger partial charge in [0.1, 0.15) is 12.4 Å². The predicted molar refractivity (Wildman–Crippen MR) is 161 cm³/mol. The van der Waals surface area contributed by atoms with Crippen molar-refractivity contribution in [2.45, 2.75) is 25.7 Å². The molecule has 2 fully saturated rings. The Morgan fingerprint density at radius 1 is 0.975 bits per heavy atom. The van der Waals surface area contributed by atoms with Crippen molar-refractivity contribution >= 4 is 28.0 Å². The second-order valence-electron chi connectivity index (χ2n) is 10.6. The van der Waals surface area contributed by atoms with Crippen LogP contribution in [0.2, 0.25) is 0 Å². The number of fused-ring (bicyclic) bond motifs is 1. The van der Waals surface area contributed by atoms with E-state index in [9.17, 15) is 4.79 Å². The summed E-state index contributed by atoms with van der Waals surface area (Å²) in [5, 5.41) is 11.7. The van der Waals surface area contributed by atoms with Gasteiger partial charge in [-0.2, -0.15) is 5.10 Å². The van der Waals surface area contributed by atoms with Crippen molar-refractivity contribution in [3.8, 4) is 5.75 Å². The molecule has 1 saturated heterocycles. The average Bonchev–Trinajstić information content (AvgIpc) is 3.40. The van der Waals surface area contributed by atoms with Crippen molar-refractivity contribution in [3.63, 3.8) is 0 Å². The summed E-state index contributed by atoms with van der Waals surface area (Å²) in [6.07, 6.45) is 10.3. The van der Waals surface area contributed by atoms with Crippen LogP contribution in [0.15, 0.2) is 91.1 Å². The van der Waals surface area contributed by atoms with Crippen LogP contribution in [-0.4, -0.2) is 53.8 Å². The zero-order valence-corrected chi connectivity index (χ0v) is 22.8. The Morgan fingerprint density at radius 2 is 1.77 bits per heavy atom. The van der Waals surface area contributed by atoms with Gasteiger partial charge in [-0.3, -0.25) is 9.89 Å². The van der Waals surface area contributed by atoms with Gasteiger partial charge in [0.15, 0.2) is 0 Å². The molecule has 4 aromatic rings. The Labute approximate surface area is 235 Å². The number of aromatic nitrogens is 2. The minimum absolute atomic E-state index is 0.107. The number of ether oxygens (including phenoxy) is 1. The zero-order valence-electron chi connectivity index (χ0n) is 22.8. The molecule has 0 radical (unpaired) electrons. The number of nitrogens with one attached hydrogen (secondary N) is 2. The fourth-order valence-corrected chi connectivity index (χ4v) is 5.42. The quantitative estimate of drug-likeness (QED) is 0.140. The molecule has 2 N–H and O–H groups in total. The lowest BCUT2D eigenvalue weighted by atomic mass is 9.73. The van der Waals surface area contributed by atoms with E-state index < -0.39 is 0 Å². The van der Waals surface area contributed by atoms with Crippen LogP contribution < -0.4 is 10.1 Å². The largest absolute Gasteiger partial charge is 0.492 e.